The second-order valence-electron chi connectivity index (χ2n) is 10.9. The van der Waals surface area contributed by atoms with Gasteiger partial charge in [0.15, 0.2) is 35.4 Å². The van der Waals surface area contributed by atoms with Gasteiger partial charge in [0, 0.05) is 0 Å². The van der Waals surface area contributed by atoms with E-state index in [2.05, 4.69) is 42.8 Å². The average Bonchev–Trinajstić information content (AvgIpc) is 3.80. The topological polar surface area (TPSA) is 403 Å². The lowest BCUT2D eigenvalue weighted by molar-refractivity contribution is -0.212. The molecule has 292 valence electrons. The van der Waals surface area contributed by atoms with Crippen molar-refractivity contribution in [3.05, 3.63) is 25.3 Å². The van der Waals surface area contributed by atoms with Crippen molar-refractivity contribution in [2.45, 2.75) is 49.1 Å². The predicted molar refractivity (Wildman–Crippen MR) is 177 cm³/mol. The molecule has 3 unspecified atom stereocenters. The summed E-state index contributed by atoms with van der Waals surface area (Å²) in [4.78, 5) is 65.8. The largest absolute Gasteiger partial charge is 0.756 e. The van der Waals surface area contributed by atoms with Crippen molar-refractivity contribution < 1.29 is 80.6 Å². The van der Waals surface area contributed by atoms with Gasteiger partial charge in [-0.2, -0.15) is 0 Å². The van der Waals surface area contributed by atoms with Crippen molar-refractivity contribution in [3.8, 4) is 0 Å². The third-order valence-electron chi connectivity index (χ3n) is 7.41. The van der Waals surface area contributed by atoms with Crippen LogP contribution in [0, 0.1) is 0 Å². The second-order valence-corrected chi connectivity index (χ2v) is 19.9. The number of nitrogens with zero attached hydrogens (tertiary/aromatic N) is 8. The van der Waals surface area contributed by atoms with Crippen LogP contribution >= 0.6 is 29.1 Å². The molecule has 0 amide bonds. The highest BCUT2D eigenvalue weighted by Crippen LogP contribution is 2.74. The van der Waals surface area contributed by atoms with E-state index in [1.54, 1.807) is 0 Å². The van der Waals surface area contributed by atoms with Crippen molar-refractivity contribution in [1.29, 1.82) is 0 Å². The molecule has 0 saturated carbocycles. The van der Waals surface area contributed by atoms with Crippen LogP contribution in [0.5, 0.6) is 0 Å². The number of nitrogen functional groups attached to an aromatic ring is 2. The molecule has 53 heavy (non-hydrogen) atoms. The molecule has 0 spiro atoms. The van der Waals surface area contributed by atoms with Gasteiger partial charge < -0.3 is 70.0 Å². The molecule has 0 bridgehead atoms. The Morgan fingerprint density at radius 1 is 0.698 bits per heavy atom. The maximum absolute atomic E-state index is 13.3. The molecule has 0 radical (unpaired) electrons. The van der Waals surface area contributed by atoms with Crippen LogP contribution in [-0.4, -0.2) is 124 Å². The molecule has 2 aliphatic rings. The SMILES string of the molecule is Nc1ncnc2c1ncn2[C@@H]1O[C@H](COP(O)(=S)OP(=O)(OP(=O)([O-])O)OP(O)(=S)OC[C@H]2O[C@@H](n3cnc4c(N)ncnc43)[C@H](O)[C@@H]2O)[C@@H](O)[C@H]1O. The summed E-state index contributed by atoms with van der Waals surface area (Å²) in [5.41, 5.74) is 12.1. The molecular weight excluding hydrogens is 840 g/mol. The number of hydrogen-bond donors (Lipinski definition) is 9. The van der Waals surface area contributed by atoms with Crippen LogP contribution < -0.4 is 16.4 Å². The number of rotatable bonds is 14. The zero-order valence-corrected chi connectivity index (χ0v) is 31.1. The minimum Gasteiger partial charge on any atom is -0.756 e. The van der Waals surface area contributed by atoms with Crippen LogP contribution in [0.3, 0.4) is 0 Å². The quantitative estimate of drug-likeness (QED) is 0.0576. The fourth-order valence-electron chi connectivity index (χ4n) is 5.11. The molecule has 4 aromatic rings. The van der Waals surface area contributed by atoms with Gasteiger partial charge in [0.25, 0.3) is 7.82 Å². The van der Waals surface area contributed by atoms with Crippen LogP contribution in [0.4, 0.5) is 11.6 Å². The van der Waals surface area contributed by atoms with Crippen molar-refractivity contribution >= 4 is 86.7 Å². The first-order valence-corrected chi connectivity index (χ1v) is 22.4. The Balaban J connectivity index is 1.10. The first-order chi connectivity index (χ1) is 24.7. The lowest BCUT2D eigenvalue weighted by atomic mass is 10.1. The van der Waals surface area contributed by atoms with E-state index < -0.39 is 91.4 Å². The summed E-state index contributed by atoms with van der Waals surface area (Å²) >= 11 is 9.51. The number of hydrogen-bond acceptors (Lipinski definition) is 24. The minimum atomic E-state index is -6.10. The van der Waals surface area contributed by atoms with Gasteiger partial charge in [0.2, 0.25) is 0 Å². The number of imidazole rings is 2. The first-order valence-electron chi connectivity index (χ1n) is 14.3. The van der Waals surface area contributed by atoms with Crippen LogP contribution in [0.2, 0.25) is 0 Å². The molecule has 27 nitrogen and oxygen atoms in total. The first kappa shape index (κ1) is 40.5. The summed E-state index contributed by atoms with van der Waals surface area (Å²) in [5.74, 6) is 0.0213. The number of anilines is 2. The van der Waals surface area contributed by atoms with Crippen LogP contribution in [0.1, 0.15) is 12.5 Å². The number of phosphoric acid groups is 2. The van der Waals surface area contributed by atoms with Crippen LogP contribution in [-0.2, 0) is 64.2 Å². The zero-order valence-electron chi connectivity index (χ0n) is 25.9. The summed E-state index contributed by atoms with van der Waals surface area (Å²) in [6, 6.07) is 0. The number of nitrogens with two attached hydrogens (primary N) is 2. The van der Waals surface area contributed by atoms with Gasteiger partial charge in [0.1, 0.15) is 60.3 Å². The molecule has 11 atom stereocenters. The van der Waals surface area contributed by atoms with Crippen molar-refractivity contribution in [2.75, 3.05) is 24.7 Å². The maximum Gasteiger partial charge on any atom is 0.495 e. The maximum atomic E-state index is 13.3. The average molecular weight is 868 g/mol. The molecule has 2 aliphatic heterocycles. The molecule has 11 N–H and O–H groups in total. The monoisotopic (exact) mass is 867 g/mol. The summed E-state index contributed by atoms with van der Waals surface area (Å²) in [5, 5.41) is 42.4. The second kappa shape index (κ2) is 15.1. The summed E-state index contributed by atoms with van der Waals surface area (Å²) in [6.45, 7) is -11.9. The van der Waals surface area contributed by atoms with Gasteiger partial charge in [-0.25, -0.2) is 47.4 Å². The van der Waals surface area contributed by atoms with Crippen molar-refractivity contribution in [2.24, 2.45) is 0 Å². The van der Waals surface area contributed by atoms with Gasteiger partial charge in [-0.3, -0.25) is 13.7 Å². The molecule has 0 aromatic carbocycles. The number of fused-ring (bicyclic) bond motifs is 2. The lowest BCUT2D eigenvalue weighted by Crippen LogP contribution is -2.33. The Bertz CT molecular complexity index is 2060. The third kappa shape index (κ3) is 8.81. The highest BCUT2D eigenvalue weighted by atomic mass is 32.5. The minimum absolute atomic E-state index is 0.0107. The molecule has 33 heteroatoms. The zero-order chi connectivity index (χ0) is 38.7. The smallest absolute Gasteiger partial charge is 0.495 e. The van der Waals surface area contributed by atoms with Crippen LogP contribution in [0.15, 0.2) is 25.3 Å². The van der Waals surface area contributed by atoms with E-state index in [0.29, 0.717) is 0 Å². The Morgan fingerprint density at radius 2 is 1.09 bits per heavy atom. The number of ether oxygens (including phenoxy) is 2. The standard InChI is InChI=1S/C20H28N10O17P4S2/c21-15-9-17(25-3-23-15)29(5-27-9)19-13(33)11(31)7(43-19)1-41-50(39,52)46-49(38,45-48(35,36)37)47-51(40,53)42-2-8-12(32)14(34)20(44-8)30-6-28-10-16(22)24-4-26-18(10)30/h3-8,11-14,19-20,31-34H,1-2H2,(H,39,52)(H,40,53)(H2,21,23,25)(H2,22,24,26)(H2,35,36,37)/p-1/t7-,8-,11-,12-,13-,14-,19-,20-,49?,50?,51?/m1/s1. The van der Waals surface area contributed by atoms with Gasteiger partial charge in [-0.1, -0.05) is 0 Å². The van der Waals surface area contributed by atoms with E-state index in [0.717, 1.165) is 12.7 Å². The predicted octanol–water partition coefficient (Wildman–Crippen LogP) is -2.85. The van der Waals surface area contributed by atoms with E-state index in [-0.39, 0.29) is 34.0 Å². The molecule has 2 fully saturated rings. The molecule has 4 aromatic heterocycles. The van der Waals surface area contributed by atoms with Gasteiger partial charge >= 0.3 is 21.3 Å². The van der Waals surface area contributed by atoms with Crippen LogP contribution in [0.25, 0.3) is 22.3 Å². The molecular formula is C20H27N10O17P4S2-. The summed E-state index contributed by atoms with van der Waals surface area (Å²) in [6.07, 6.45) is -7.86. The normalized spacial score (nSPS) is 30.9. The molecule has 0 aliphatic carbocycles. The third-order valence-corrected chi connectivity index (χ3v) is 15.1. The van der Waals surface area contributed by atoms with E-state index >= 15 is 0 Å². The Labute approximate surface area is 304 Å². The number of aromatic nitrogens is 8. The molecule has 2 saturated heterocycles. The van der Waals surface area contributed by atoms with Gasteiger partial charge in [0.05, 0.1) is 25.9 Å². The van der Waals surface area contributed by atoms with E-state index in [1.807, 2.05) is 0 Å². The van der Waals surface area contributed by atoms with Crippen molar-refractivity contribution in [1.82, 2.24) is 39.0 Å². The van der Waals surface area contributed by atoms with Crippen molar-refractivity contribution in [3.63, 3.8) is 0 Å². The highest BCUT2D eigenvalue weighted by Gasteiger charge is 2.49. The summed E-state index contributed by atoms with van der Waals surface area (Å²) < 4.78 is 61.8. The molecule has 6 rings (SSSR count). The van der Waals surface area contributed by atoms with Gasteiger partial charge in [-0.05, 0) is 23.6 Å². The van der Waals surface area contributed by atoms with E-state index in [1.165, 1.54) is 21.8 Å². The number of aliphatic hydroxyl groups is 4. The highest BCUT2D eigenvalue weighted by molar-refractivity contribution is 8.10. The fourth-order valence-corrected chi connectivity index (χ4v) is 12.2. The fraction of sp³-hybridized carbons (Fsp3) is 0.500. The van der Waals surface area contributed by atoms with E-state index in [9.17, 15) is 49.1 Å². The Kier molecular flexibility index (Phi) is 11.5. The lowest BCUT2D eigenvalue weighted by Gasteiger charge is -2.28. The Hall–Kier alpha value is -2.14. The molecule has 6 heterocycles. The Morgan fingerprint density at radius 3 is 1.47 bits per heavy atom. The summed E-state index contributed by atoms with van der Waals surface area (Å²) in [7, 11) is -12.1. The van der Waals surface area contributed by atoms with E-state index in [4.69, 9.17) is 53.6 Å². The number of aliphatic hydroxyl groups excluding tert-OH is 4. The van der Waals surface area contributed by atoms with Gasteiger partial charge in [-0.15, -0.1) is 0 Å².